The van der Waals surface area contributed by atoms with E-state index in [2.05, 4.69) is 27.4 Å². The normalized spacial score (nSPS) is 14.9. The Morgan fingerprint density at radius 3 is 1.86 bits per heavy atom. The van der Waals surface area contributed by atoms with Crippen molar-refractivity contribution < 1.29 is 13.2 Å². The van der Waals surface area contributed by atoms with Crippen molar-refractivity contribution in [2.45, 2.75) is 59.6 Å². The molecule has 0 saturated heterocycles. The topological polar surface area (TPSA) is 0 Å². The molecular weight excluding hydrogens is 285 g/mol. The van der Waals surface area contributed by atoms with Crippen molar-refractivity contribution in [3.8, 4) is 0 Å². The van der Waals surface area contributed by atoms with Gasteiger partial charge < -0.3 is 0 Å². The van der Waals surface area contributed by atoms with Crippen LogP contribution in [0.2, 0.25) is 0 Å². The van der Waals surface area contributed by atoms with E-state index < -0.39 is 11.7 Å². The molecule has 0 aromatic heterocycles. The van der Waals surface area contributed by atoms with Crippen LogP contribution in [0, 0.1) is 11.3 Å². The van der Waals surface area contributed by atoms with Gasteiger partial charge in [0.15, 0.2) is 0 Å². The third-order valence-corrected chi connectivity index (χ3v) is 5.05. The van der Waals surface area contributed by atoms with Gasteiger partial charge in [0.2, 0.25) is 0 Å². The van der Waals surface area contributed by atoms with E-state index >= 15 is 0 Å². The molecule has 0 heterocycles. The summed E-state index contributed by atoms with van der Waals surface area (Å²) in [5.41, 5.74) is 1.45. The van der Waals surface area contributed by atoms with Crippen LogP contribution in [0.4, 0.5) is 13.2 Å². The first kappa shape index (κ1) is 18.8. The van der Waals surface area contributed by atoms with E-state index in [0.29, 0.717) is 5.92 Å². The van der Waals surface area contributed by atoms with E-state index in [-0.39, 0.29) is 5.41 Å². The summed E-state index contributed by atoms with van der Waals surface area (Å²) in [5, 5.41) is 0. The van der Waals surface area contributed by atoms with Gasteiger partial charge >= 0.3 is 6.18 Å². The fourth-order valence-corrected chi connectivity index (χ4v) is 3.61. The number of hydrogen-bond donors (Lipinski definition) is 0. The number of allylic oxidation sites excluding steroid dienone is 1. The quantitative estimate of drug-likeness (QED) is 0.494. The third-order valence-electron chi connectivity index (χ3n) is 5.05. The fraction of sp³-hybridized carbons (Fsp3) is 0.579. The Bertz CT molecular complexity index is 480. The largest absolute Gasteiger partial charge is 0.416 e. The molecule has 0 amide bonds. The molecule has 22 heavy (non-hydrogen) atoms. The standard InChI is InChI=1S/C19H27F3/c1-6-16(7-2)18(8-3,14(4)5)13-15-9-11-17(12-10-15)19(20,21)22/h9-12,16H,4,6-8,13H2,1-3,5H3. The van der Waals surface area contributed by atoms with Crippen LogP contribution in [-0.2, 0) is 12.6 Å². The van der Waals surface area contributed by atoms with Crippen LogP contribution < -0.4 is 0 Å². The zero-order valence-electron chi connectivity index (χ0n) is 14.1. The maximum Gasteiger partial charge on any atom is 0.416 e. The maximum absolute atomic E-state index is 12.7. The van der Waals surface area contributed by atoms with Crippen molar-refractivity contribution in [2.75, 3.05) is 0 Å². The first-order valence-corrected chi connectivity index (χ1v) is 8.03. The van der Waals surface area contributed by atoms with E-state index in [1.54, 1.807) is 12.1 Å². The Balaban J connectivity index is 3.12. The number of rotatable bonds is 7. The van der Waals surface area contributed by atoms with Crippen molar-refractivity contribution in [2.24, 2.45) is 11.3 Å². The molecular formula is C19H27F3. The number of hydrogen-bond acceptors (Lipinski definition) is 0. The number of halogens is 3. The van der Waals surface area contributed by atoms with Crippen LogP contribution in [0.3, 0.4) is 0 Å². The van der Waals surface area contributed by atoms with Gasteiger partial charge in [-0.05, 0) is 48.8 Å². The Morgan fingerprint density at radius 2 is 1.55 bits per heavy atom. The molecule has 124 valence electrons. The van der Waals surface area contributed by atoms with Gasteiger partial charge in [-0.25, -0.2) is 0 Å². The van der Waals surface area contributed by atoms with Crippen LogP contribution in [0.25, 0.3) is 0 Å². The molecule has 1 aromatic rings. The molecule has 0 N–H and O–H groups in total. The molecule has 1 unspecified atom stereocenters. The van der Waals surface area contributed by atoms with Crippen LogP contribution >= 0.6 is 0 Å². The van der Waals surface area contributed by atoms with Crippen molar-refractivity contribution in [1.29, 1.82) is 0 Å². The first-order valence-electron chi connectivity index (χ1n) is 8.03. The molecule has 0 saturated carbocycles. The van der Waals surface area contributed by atoms with Gasteiger partial charge in [-0.1, -0.05) is 57.9 Å². The summed E-state index contributed by atoms with van der Waals surface area (Å²) in [6, 6.07) is 5.58. The zero-order chi connectivity index (χ0) is 17.0. The average Bonchev–Trinajstić information content (AvgIpc) is 2.46. The lowest BCUT2D eigenvalue weighted by molar-refractivity contribution is -0.137. The minimum absolute atomic E-state index is 0.0384. The van der Waals surface area contributed by atoms with Crippen molar-refractivity contribution >= 4 is 0 Å². The Hall–Kier alpha value is -1.25. The molecule has 0 nitrogen and oxygen atoms in total. The van der Waals surface area contributed by atoms with Crippen molar-refractivity contribution in [3.63, 3.8) is 0 Å². The smallest absolute Gasteiger partial charge is 0.166 e. The minimum Gasteiger partial charge on any atom is -0.166 e. The molecule has 0 bridgehead atoms. The highest BCUT2D eigenvalue weighted by Crippen LogP contribution is 2.45. The van der Waals surface area contributed by atoms with E-state index in [1.807, 2.05) is 6.92 Å². The maximum atomic E-state index is 12.7. The number of alkyl halides is 3. The molecule has 0 spiro atoms. The highest BCUT2D eigenvalue weighted by Gasteiger charge is 2.36. The summed E-state index contributed by atoms with van der Waals surface area (Å²) >= 11 is 0. The van der Waals surface area contributed by atoms with Gasteiger partial charge in [-0.2, -0.15) is 13.2 Å². The molecule has 0 radical (unpaired) electrons. The molecule has 3 heteroatoms. The van der Waals surface area contributed by atoms with Crippen molar-refractivity contribution in [3.05, 3.63) is 47.5 Å². The first-order chi connectivity index (χ1) is 10.2. The summed E-state index contributed by atoms with van der Waals surface area (Å²) in [6.07, 6.45) is -0.460. The van der Waals surface area contributed by atoms with Crippen LogP contribution in [-0.4, -0.2) is 0 Å². The lowest BCUT2D eigenvalue weighted by atomic mass is 9.63. The van der Waals surface area contributed by atoms with Gasteiger partial charge in [0.1, 0.15) is 0 Å². The highest BCUT2D eigenvalue weighted by atomic mass is 19.4. The number of benzene rings is 1. The van der Waals surface area contributed by atoms with Gasteiger partial charge in [-0.3, -0.25) is 0 Å². The minimum atomic E-state index is -4.27. The second-order valence-corrected chi connectivity index (χ2v) is 6.17. The Labute approximate surface area is 132 Å². The lowest BCUT2D eigenvalue weighted by Crippen LogP contribution is -2.33. The molecule has 1 atom stereocenters. The van der Waals surface area contributed by atoms with E-state index in [0.717, 1.165) is 36.8 Å². The average molecular weight is 312 g/mol. The summed E-state index contributed by atoms with van der Waals surface area (Å²) in [6.45, 7) is 12.7. The van der Waals surface area contributed by atoms with Gasteiger partial charge in [-0.15, -0.1) is 0 Å². The van der Waals surface area contributed by atoms with Gasteiger partial charge in [0, 0.05) is 0 Å². The Kier molecular flexibility index (Phi) is 6.27. The van der Waals surface area contributed by atoms with E-state index in [4.69, 9.17) is 0 Å². The second-order valence-electron chi connectivity index (χ2n) is 6.17. The fourth-order valence-electron chi connectivity index (χ4n) is 3.61. The van der Waals surface area contributed by atoms with Crippen LogP contribution in [0.1, 0.15) is 58.1 Å². The molecule has 0 aliphatic carbocycles. The monoisotopic (exact) mass is 312 g/mol. The summed E-state index contributed by atoms with van der Waals surface area (Å²) < 4.78 is 38.0. The molecule has 0 fully saturated rings. The van der Waals surface area contributed by atoms with Crippen molar-refractivity contribution in [1.82, 2.24) is 0 Å². The molecule has 0 aliphatic rings. The molecule has 1 aromatic carbocycles. The van der Waals surface area contributed by atoms with Crippen LogP contribution in [0.5, 0.6) is 0 Å². The van der Waals surface area contributed by atoms with Crippen LogP contribution in [0.15, 0.2) is 36.4 Å². The predicted octanol–water partition coefficient (Wildman–Crippen LogP) is 6.66. The second kappa shape index (κ2) is 7.34. The third kappa shape index (κ3) is 3.93. The summed E-state index contributed by atoms with van der Waals surface area (Å²) in [5.74, 6) is 0.497. The van der Waals surface area contributed by atoms with Gasteiger partial charge in [0.05, 0.1) is 5.56 Å². The zero-order valence-corrected chi connectivity index (χ0v) is 14.1. The van der Waals surface area contributed by atoms with Gasteiger partial charge in [0.25, 0.3) is 0 Å². The molecule has 0 aliphatic heterocycles. The SMILES string of the molecule is C=C(C)C(CC)(Cc1ccc(C(F)(F)F)cc1)C(CC)CC. The summed E-state index contributed by atoms with van der Waals surface area (Å²) in [4.78, 5) is 0. The highest BCUT2D eigenvalue weighted by molar-refractivity contribution is 5.27. The Morgan fingerprint density at radius 1 is 1.05 bits per heavy atom. The van der Waals surface area contributed by atoms with E-state index in [1.165, 1.54) is 12.1 Å². The lowest BCUT2D eigenvalue weighted by Gasteiger charge is -2.41. The predicted molar refractivity (Wildman–Crippen MR) is 86.8 cm³/mol. The summed E-state index contributed by atoms with van der Waals surface area (Å²) in [7, 11) is 0. The van der Waals surface area contributed by atoms with E-state index in [9.17, 15) is 13.2 Å². The molecule has 1 rings (SSSR count).